The molecule has 0 fully saturated rings. The van der Waals surface area contributed by atoms with Gasteiger partial charge in [0, 0.05) is 22.7 Å². The maximum absolute atomic E-state index is 12.8. The summed E-state index contributed by atoms with van der Waals surface area (Å²) >= 11 is 1.71. The number of thiophene rings is 1. The average molecular weight is 332 g/mol. The van der Waals surface area contributed by atoms with Crippen molar-refractivity contribution in [2.75, 3.05) is 7.05 Å². The molecule has 124 valence electrons. The van der Waals surface area contributed by atoms with E-state index in [2.05, 4.69) is 23.4 Å². The van der Waals surface area contributed by atoms with Gasteiger partial charge in [-0.25, -0.2) is 0 Å². The highest BCUT2D eigenvalue weighted by Crippen LogP contribution is 2.22. The van der Waals surface area contributed by atoms with E-state index in [9.17, 15) is 9.59 Å². The van der Waals surface area contributed by atoms with E-state index in [1.54, 1.807) is 11.3 Å². The first-order chi connectivity index (χ1) is 10.7. The van der Waals surface area contributed by atoms with Crippen molar-refractivity contribution in [1.82, 2.24) is 9.88 Å². The van der Waals surface area contributed by atoms with Crippen molar-refractivity contribution >= 4 is 22.9 Å². The number of Topliss-reactive ketones (excluding diaryl/α,β-unsaturated/α-hetero) is 2. The monoisotopic (exact) mass is 332 g/mol. The second kappa shape index (κ2) is 6.81. The largest absolute Gasteiger partial charge is 0.355 e. The Balaban J connectivity index is 2.21. The van der Waals surface area contributed by atoms with Crippen molar-refractivity contribution in [3.05, 3.63) is 44.4 Å². The van der Waals surface area contributed by atoms with Gasteiger partial charge in [0.15, 0.2) is 11.6 Å². The van der Waals surface area contributed by atoms with Crippen molar-refractivity contribution in [1.29, 1.82) is 0 Å². The first-order valence-electron chi connectivity index (χ1n) is 7.71. The summed E-state index contributed by atoms with van der Waals surface area (Å²) in [6, 6.07) is 1.84. The molecule has 0 saturated carbocycles. The smallest absolute Gasteiger partial charge is 0.196 e. The van der Waals surface area contributed by atoms with E-state index in [1.807, 2.05) is 32.7 Å². The summed E-state index contributed by atoms with van der Waals surface area (Å²) in [7, 11) is 1.96. The molecule has 23 heavy (non-hydrogen) atoms. The number of ketones is 2. The molecule has 0 amide bonds. The molecule has 0 radical (unpaired) electrons. The molecule has 0 spiro atoms. The summed E-state index contributed by atoms with van der Waals surface area (Å²) < 4.78 is 0. The van der Waals surface area contributed by atoms with Crippen molar-refractivity contribution in [2.24, 2.45) is 0 Å². The summed E-state index contributed by atoms with van der Waals surface area (Å²) in [5, 5.41) is 2.07. The highest BCUT2D eigenvalue weighted by molar-refractivity contribution is 7.10. The van der Waals surface area contributed by atoms with Gasteiger partial charge in [-0.3, -0.25) is 14.5 Å². The standard InChI is InChI=1S/C18H24N2O2S/c1-10-7-8-23-15(10)9-20(6)13(4)18(22)17-11(2)16(14(5)21)12(3)19-17/h7-8,13,19H,9H2,1-6H3/t13-/m0/s1. The number of hydrogen-bond donors (Lipinski definition) is 1. The van der Waals surface area contributed by atoms with Crippen LogP contribution in [-0.4, -0.2) is 34.5 Å². The number of carbonyl (C=O) groups excluding carboxylic acids is 2. The third-order valence-corrected chi connectivity index (χ3v) is 5.45. The number of H-pyrrole nitrogens is 1. The molecule has 0 aliphatic carbocycles. The Morgan fingerprint density at radius 2 is 1.96 bits per heavy atom. The molecule has 2 aromatic rings. The highest BCUT2D eigenvalue weighted by Gasteiger charge is 2.26. The van der Waals surface area contributed by atoms with E-state index in [0.717, 1.165) is 17.8 Å². The fourth-order valence-corrected chi connectivity index (χ4v) is 3.83. The van der Waals surface area contributed by atoms with E-state index < -0.39 is 0 Å². The first-order valence-corrected chi connectivity index (χ1v) is 8.59. The van der Waals surface area contributed by atoms with Gasteiger partial charge in [0.05, 0.1) is 11.7 Å². The van der Waals surface area contributed by atoms with Gasteiger partial charge in [-0.15, -0.1) is 11.3 Å². The number of aromatic nitrogens is 1. The van der Waals surface area contributed by atoms with Crippen molar-refractivity contribution < 1.29 is 9.59 Å². The molecule has 5 heteroatoms. The summed E-state index contributed by atoms with van der Waals surface area (Å²) in [6.45, 7) is 9.95. The molecular formula is C18H24N2O2S. The Labute approximate surface area is 141 Å². The lowest BCUT2D eigenvalue weighted by Gasteiger charge is -2.23. The highest BCUT2D eigenvalue weighted by atomic mass is 32.1. The number of hydrogen-bond acceptors (Lipinski definition) is 4. The molecular weight excluding hydrogens is 308 g/mol. The molecule has 2 heterocycles. The van der Waals surface area contributed by atoms with Crippen LogP contribution in [0.4, 0.5) is 0 Å². The summed E-state index contributed by atoms with van der Waals surface area (Å²) in [6.07, 6.45) is 0. The normalized spacial score (nSPS) is 12.7. The van der Waals surface area contributed by atoms with E-state index in [4.69, 9.17) is 0 Å². The van der Waals surface area contributed by atoms with Gasteiger partial charge in [0.25, 0.3) is 0 Å². The van der Waals surface area contributed by atoms with Crippen LogP contribution in [0.5, 0.6) is 0 Å². The van der Waals surface area contributed by atoms with Crippen LogP contribution in [0.3, 0.4) is 0 Å². The summed E-state index contributed by atoms with van der Waals surface area (Å²) in [4.78, 5) is 31.0. The number of carbonyl (C=O) groups is 2. The van der Waals surface area contributed by atoms with Crippen LogP contribution in [0.2, 0.25) is 0 Å². The average Bonchev–Trinajstić information content (AvgIpc) is 3.00. The fourth-order valence-electron chi connectivity index (χ4n) is 2.86. The van der Waals surface area contributed by atoms with E-state index in [1.165, 1.54) is 17.4 Å². The Morgan fingerprint density at radius 3 is 2.43 bits per heavy atom. The van der Waals surface area contributed by atoms with Crippen LogP contribution in [0.1, 0.15) is 56.4 Å². The number of aryl methyl sites for hydroxylation is 2. The number of nitrogens with zero attached hydrogens (tertiary/aromatic N) is 1. The maximum atomic E-state index is 12.8. The van der Waals surface area contributed by atoms with E-state index >= 15 is 0 Å². The van der Waals surface area contributed by atoms with Crippen molar-refractivity contribution in [3.8, 4) is 0 Å². The second-order valence-corrected chi connectivity index (χ2v) is 7.16. The minimum atomic E-state index is -0.256. The fraction of sp³-hybridized carbons (Fsp3) is 0.444. The Morgan fingerprint density at radius 1 is 1.30 bits per heavy atom. The lowest BCUT2D eigenvalue weighted by atomic mass is 10.0. The number of nitrogens with one attached hydrogen (secondary N) is 1. The zero-order valence-electron chi connectivity index (χ0n) is 14.6. The van der Waals surface area contributed by atoms with Gasteiger partial charge in [0.2, 0.25) is 0 Å². The Bertz CT molecular complexity index is 742. The van der Waals surface area contributed by atoms with E-state index in [-0.39, 0.29) is 17.6 Å². The van der Waals surface area contributed by atoms with Crippen molar-refractivity contribution in [2.45, 2.75) is 47.2 Å². The van der Waals surface area contributed by atoms with Gasteiger partial charge >= 0.3 is 0 Å². The molecule has 1 atom stereocenters. The SMILES string of the molecule is CC(=O)c1c(C)[nH]c(C(=O)[C@H](C)N(C)Cc2sccc2C)c1C. The molecule has 0 aromatic carbocycles. The predicted molar refractivity (Wildman–Crippen MR) is 94.6 cm³/mol. The minimum absolute atomic E-state index is 0.00878. The molecule has 0 unspecified atom stereocenters. The quantitative estimate of drug-likeness (QED) is 0.816. The zero-order chi connectivity index (χ0) is 17.3. The van der Waals surface area contributed by atoms with Crippen LogP contribution < -0.4 is 0 Å². The summed E-state index contributed by atoms with van der Waals surface area (Å²) in [5.74, 6) is 0.0142. The number of aromatic amines is 1. The number of rotatable bonds is 6. The Kier molecular flexibility index (Phi) is 5.22. The van der Waals surface area contributed by atoms with Crippen LogP contribution >= 0.6 is 11.3 Å². The van der Waals surface area contributed by atoms with Crippen molar-refractivity contribution in [3.63, 3.8) is 0 Å². The van der Waals surface area contributed by atoms with Gasteiger partial charge in [-0.1, -0.05) is 0 Å². The topological polar surface area (TPSA) is 53.2 Å². The molecule has 0 bridgehead atoms. The van der Waals surface area contributed by atoms with Gasteiger partial charge < -0.3 is 4.98 Å². The molecule has 1 N–H and O–H groups in total. The Hall–Kier alpha value is -1.72. The zero-order valence-corrected chi connectivity index (χ0v) is 15.4. The third kappa shape index (κ3) is 3.46. The van der Waals surface area contributed by atoms with Gasteiger partial charge in [-0.05, 0) is 64.2 Å². The number of likely N-dealkylation sites (N-methyl/N-ethyl adjacent to an activating group) is 1. The first kappa shape index (κ1) is 17.6. The minimum Gasteiger partial charge on any atom is -0.355 e. The molecule has 2 rings (SSSR count). The van der Waals surface area contributed by atoms with E-state index in [0.29, 0.717) is 11.3 Å². The molecule has 0 saturated heterocycles. The van der Waals surface area contributed by atoms with Crippen LogP contribution in [-0.2, 0) is 6.54 Å². The lowest BCUT2D eigenvalue weighted by Crippen LogP contribution is -2.36. The maximum Gasteiger partial charge on any atom is 0.196 e. The molecule has 4 nitrogen and oxygen atoms in total. The van der Waals surface area contributed by atoms with Crippen LogP contribution in [0.25, 0.3) is 0 Å². The molecule has 0 aliphatic heterocycles. The third-order valence-electron chi connectivity index (χ3n) is 4.44. The second-order valence-electron chi connectivity index (χ2n) is 6.16. The lowest BCUT2D eigenvalue weighted by molar-refractivity contribution is 0.0857. The van der Waals surface area contributed by atoms with Crippen LogP contribution in [0, 0.1) is 20.8 Å². The predicted octanol–water partition coefficient (Wildman–Crippen LogP) is 3.91. The van der Waals surface area contributed by atoms with Gasteiger partial charge in [-0.2, -0.15) is 0 Å². The molecule has 0 aliphatic rings. The van der Waals surface area contributed by atoms with Gasteiger partial charge in [0.1, 0.15) is 0 Å². The van der Waals surface area contributed by atoms with Crippen LogP contribution in [0.15, 0.2) is 11.4 Å². The molecule has 2 aromatic heterocycles. The summed E-state index contributed by atoms with van der Waals surface area (Å²) in [5.41, 5.74) is 3.97.